The van der Waals surface area contributed by atoms with Crippen molar-refractivity contribution < 1.29 is 0 Å². The van der Waals surface area contributed by atoms with Gasteiger partial charge in [0.05, 0.1) is 5.69 Å². The lowest BCUT2D eigenvalue weighted by Crippen LogP contribution is -1.95. The summed E-state index contributed by atoms with van der Waals surface area (Å²) < 4.78 is 0. The average Bonchev–Trinajstić information content (AvgIpc) is 3.48. The molecule has 0 saturated heterocycles. The van der Waals surface area contributed by atoms with Crippen molar-refractivity contribution in [2.24, 2.45) is 0 Å². The fraction of sp³-hybridized carbons (Fsp3) is 0. The van der Waals surface area contributed by atoms with Gasteiger partial charge in [-0.2, -0.15) is 0 Å². The normalized spacial score (nSPS) is 11.5. The maximum Gasteiger partial charge on any atom is 0.0702 e. The first kappa shape index (κ1) is 26.4. The summed E-state index contributed by atoms with van der Waals surface area (Å²) in [5.41, 5.74) is 16.9. The van der Waals surface area contributed by atoms with E-state index in [0.717, 1.165) is 16.8 Å². The molecular formula is C45H29N. The van der Waals surface area contributed by atoms with Crippen molar-refractivity contribution in [3.8, 4) is 78.0 Å². The monoisotopic (exact) mass is 583 g/mol. The van der Waals surface area contributed by atoms with E-state index in [9.17, 15) is 0 Å². The van der Waals surface area contributed by atoms with Crippen LogP contribution >= 0.6 is 0 Å². The van der Waals surface area contributed by atoms with E-state index in [2.05, 4.69) is 164 Å². The van der Waals surface area contributed by atoms with E-state index in [4.69, 9.17) is 4.98 Å². The third-order valence-corrected chi connectivity index (χ3v) is 9.28. The van der Waals surface area contributed by atoms with E-state index < -0.39 is 0 Å². The van der Waals surface area contributed by atoms with E-state index in [1.807, 2.05) is 12.3 Å². The molecule has 0 unspecified atom stereocenters. The molecular weight excluding hydrogens is 555 g/mol. The molecule has 0 aliphatic heterocycles. The third kappa shape index (κ3) is 4.21. The van der Waals surface area contributed by atoms with E-state index in [0.29, 0.717) is 0 Å². The highest BCUT2D eigenvalue weighted by atomic mass is 14.7. The van der Waals surface area contributed by atoms with Crippen LogP contribution in [0.2, 0.25) is 0 Å². The number of benzene rings is 7. The molecule has 1 aliphatic carbocycles. The smallest absolute Gasteiger partial charge is 0.0702 e. The molecule has 1 aromatic heterocycles. The van der Waals surface area contributed by atoms with Crippen LogP contribution in [0.15, 0.2) is 176 Å². The summed E-state index contributed by atoms with van der Waals surface area (Å²) >= 11 is 0. The zero-order valence-corrected chi connectivity index (χ0v) is 25.2. The van der Waals surface area contributed by atoms with Gasteiger partial charge in [0.2, 0.25) is 0 Å². The first-order chi connectivity index (χ1) is 22.8. The van der Waals surface area contributed by atoms with Gasteiger partial charge in [0.15, 0.2) is 0 Å². The van der Waals surface area contributed by atoms with Crippen molar-refractivity contribution in [1.82, 2.24) is 4.98 Å². The van der Waals surface area contributed by atoms with Gasteiger partial charge in [-0.25, -0.2) is 0 Å². The number of nitrogens with zero attached hydrogens (tertiary/aromatic N) is 1. The summed E-state index contributed by atoms with van der Waals surface area (Å²) in [4.78, 5) is 4.98. The molecule has 1 aliphatic rings. The van der Waals surface area contributed by atoms with Gasteiger partial charge >= 0.3 is 0 Å². The molecule has 8 aromatic rings. The van der Waals surface area contributed by atoms with Crippen LogP contribution in [0, 0.1) is 0 Å². The lowest BCUT2D eigenvalue weighted by atomic mass is 9.82. The summed E-state index contributed by atoms with van der Waals surface area (Å²) in [5, 5.41) is 2.61. The van der Waals surface area contributed by atoms with Crippen molar-refractivity contribution in [3.63, 3.8) is 0 Å². The Kier molecular flexibility index (Phi) is 6.21. The lowest BCUT2D eigenvalue weighted by molar-refractivity contribution is 1.32. The summed E-state index contributed by atoms with van der Waals surface area (Å²) in [6, 6.07) is 61.1. The topological polar surface area (TPSA) is 12.9 Å². The van der Waals surface area contributed by atoms with Crippen LogP contribution in [0.4, 0.5) is 0 Å². The van der Waals surface area contributed by atoms with Crippen molar-refractivity contribution in [3.05, 3.63) is 176 Å². The van der Waals surface area contributed by atoms with E-state index in [1.165, 1.54) is 72.0 Å². The number of pyridine rings is 1. The Morgan fingerprint density at radius 3 is 1.48 bits per heavy atom. The Morgan fingerprint density at radius 2 is 0.848 bits per heavy atom. The molecule has 0 N–H and O–H groups in total. The van der Waals surface area contributed by atoms with Crippen LogP contribution in [0.5, 0.6) is 0 Å². The van der Waals surface area contributed by atoms with Crippen molar-refractivity contribution in [2.75, 3.05) is 0 Å². The number of aromatic nitrogens is 1. The van der Waals surface area contributed by atoms with Crippen LogP contribution < -0.4 is 0 Å². The second kappa shape index (κ2) is 10.8. The molecule has 214 valence electrons. The largest absolute Gasteiger partial charge is 0.256 e. The number of rotatable bonds is 5. The summed E-state index contributed by atoms with van der Waals surface area (Å²) in [6.45, 7) is 0. The van der Waals surface area contributed by atoms with Crippen LogP contribution in [0.3, 0.4) is 0 Å². The Morgan fingerprint density at radius 1 is 0.304 bits per heavy atom. The van der Waals surface area contributed by atoms with E-state index >= 15 is 0 Å². The molecule has 0 bridgehead atoms. The summed E-state index contributed by atoms with van der Waals surface area (Å²) in [5.74, 6) is 0. The molecule has 0 fully saturated rings. The van der Waals surface area contributed by atoms with Gasteiger partial charge in [0.25, 0.3) is 0 Å². The Hall–Kier alpha value is -6.05. The first-order valence-corrected chi connectivity index (χ1v) is 15.8. The molecule has 0 atom stereocenters. The second-order valence-electron chi connectivity index (χ2n) is 11.9. The van der Waals surface area contributed by atoms with Gasteiger partial charge in [-0.15, -0.1) is 0 Å². The molecule has 1 heteroatoms. The minimum Gasteiger partial charge on any atom is -0.256 e. The van der Waals surface area contributed by atoms with Crippen molar-refractivity contribution >= 4 is 10.8 Å². The molecule has 46 heavy (non-hydrogen) atoms. The number of fused-ring (bicyclic) bond motifs is 3. The zero-order valence-electron chi connectivity index (χ0n) is 25.2. The number of hydrogen-bond donors (Lipinski definition) is 0. The highest BCUT2D eigenvalue weighted by Gasteiger charge is 2.31. The number of hydrogen-bond acceptors (Lipinski definition) is 1. The summed E-state index contributed by atoms with van der Waals surface area (Å²) in [7, 11) is 0. The zero-order chi connectivity index (χ0) is 30.5. The fourth-order valence-electron chi connectivity index (χ4n) is 7.24. The fourth-order valence-corrected chi connectivity index (χ4v) is 7.24. The van der Waals surface area contributed by atoms with Gasteiger partial charge in [0, 0.05) is 17.3 Å². The summed E-state index contributed by atoms with van der Waals surface area (Å²) in [6.07, 6.45) is 2.04. The molecule has 0 radical (unpaired) electrons. The molecule has 1 nitrogen and oxygen atoms in total. The van der Waals surface area contributed by atoms with E-state index in [-0.39, 0.29) is 0 Å². The molecule has 1 heterocycles. The minimum atomic E-state index is 0.973. The highest BCUT2D eigenvalue weighted by Crippen LogP contribution is 2.58. The maximum absolute atomic E-state index is 4.98. The lowest BCUT2D eigenvalue weighted by Gasteiger charge is -2.21. The standard InChI is InChI=1S/C45H29N/c1-5-14-30(15-6-1)35-25-26-38-43-36(35)22-13-23-37(43)45-42(33-20-11-4-12-21-33)40(28-39(44(38)45)31-16-7-2-8-17-31)34-24-27-41(46-29-34)32-18-9-3-10-19-32/h1-29H. The van der Waals surface area contributed by atoms with E-state index in [1.54, 1.807) is 0 Å². The highest BCUT2D eigenvalue weighted by molar-refractivity contribution is 6.24. The van der Waals surface area contributed by atoms with Crippen LogP contribution in [0.1, 0.15) is 0 Å². The van der Waals surface area contributed by atoms with Gasteiger partial charge in [-0.1, -0.05) is 158 Å². The Balaban J connectivity index is 1.38. The van der Waals surface area contributed by atoms with Gasteiger partial charge in [0.1, 0.15) is 0 Å². The van der Waals surface area contributed by atoms with Crippen LogP contribution in [0.25, 0.3) is 88.8 Å². The maximum atomic E-state index is 4.98. The Bertz CT molecular complexity index is 2360. The SMILES string of the molecule is c1ccc(-c2ccc(-c3cc(-c4ccccc4)c4c(c3-c3ccccc3)-c3cccc5c(-c6ccccc6)ccc-4c35)cn2)cc1. The Labute approximate surface area is 269 Å². The molecule has 7 aromatic carbocycles. The van der Waals surface area contributed by atoms with Gasteiger partial charge < -0.3 is 0 Å². The van der Waals surface area contributed by atoms with Gasteiger partial charge in [-0.3, -0.25) is 4.98 Å². The molecule has 9 rings (SSSR count). The molecule has 0 amide bonds. The quantitative estimate of drug-likeness (QED) is 0.196. The molecule has 0 spiro atoms. The van der Waals surface area contributed by atoms with Crippen LogP contribution in [-0.4, -0.2) is 4.98 Å². The minimum absolute atomic E-state index is 0.973. The predicted octanol–water partition coefficient (Wildman–Crippen LogP) is 12.2. The van der Waals surface area contributed by atoms with Crippen LogP contribution in [-0.2, 0) is 0 Å². The predicted molar refractivity (Wildman–Crippen MR) is 193 cm³/mol. The first-order valence-electron chi connectivity index (χ1n) is 15.8. The van der Waals surface area contributed by atoms with Crippen molar-refractivity contribution in [2.45, 2.75) is 0 Å². The van der Waals surface area contributed by atoms with Gasteiger partial charge in [-0.05, 0) is 84.1 Å². The van der Waals surface area contributed by atoms with Crippen molar-refractivity contribution in [1.29, 1.82) is 0 Å². The average molecular weight is 584 g/mol. The molecule has 0 saturated carbocycles. The third-order valence-electron chi connectivity index (χ3n) is 9.28. The second-order valence-corrected chi connectivity index (χ2v) is 11.9.